The Hall–Kier alpha value is -2.36. The minimum atomic E-state index is 0.160. The fourth-order valence-electron chi connectivity index (χ4n) is 4.01. The Kier molecular flexibility index (Phi) is 4.20. The molecule has 25 heavy (non-hydrogen) atoms. The van der Waals surface area contributed by atoms with Crippen LogP contribution < -0.4 is 0 Å². The summed E-state index contributed by atoms with van der Waals surface area (Å²) in [6.07, 6.45) is 3.89. The van der Waals surface area contributed by atoms with Crippen LogP contribution in [-0.4, -0.2) is 34.2 Å². The maximum atomic E-state index is 12.6. The molecule has 2 aromatic rings. The maximum Gasteiger partial charge on any atom is 0.227 e. The van der Waals surface area contributed by atoms with Gasteiger partial charge in [0.15, 0.2) is 5.78 Å². The largest absolute Gasteiger partial charge is 0.343 e. The van der Waals surface area contributed by atoms with Crippen molar-refractivity contribution in [1.29, 1.82) is 0 Å². The third-order valence-electron chi connectivity index (χ3n) is 5.57. The third kappa shape index (κ3) is 2.90. The van der Waals surface area contributed by atoms with Crippen LogP contribution in [0.15, 0.2) is 30.3 Å². The molecule has 1 aliphatic heterocycles. The van der Waals surface area contributed by atoms with Crippen LogP contribution in [-0.2, 0) is 24.2 Å². The van der Waals surface area contributed by atoms with E-state index < -0.39 is 0 Å². The van der Waals surface area contributed by atoms with Crippen molar-refractivity contribution in [1.82, 2.24) is 9.47 Å². The molecule has 0 N–H and O–H groups in total. The highest BCUT2D eigenvalue weighted by Gasteiger charge is 2.30. The zero-order valence-electron chi connectivity index (χ0n) is 14.8. The van der Waals surface area contributed by atoms with Gasteiger partial charge in [-0.15, -0.1) is 0 Å². The van der Waals surface area contributed by atoms with E-state index in [0.29, 0.717) is 12.8 Å². The van der Waals surface area contributed by atoms with Crippen LogP contribution in [0, 0.1) is 6.92 Å². The summed E-state index contributed by atoms with van der Waals surface area (Å²) in [5, 5.41) is 0. The molecule has 4 heteroatoms. The van der Waals surface area contributed by atoms with Crippen molar-refractivity contribution < 1.29 is 9.59 Å². The van der Waals surface area contributed by atoms with E-state index in [4.69, 9.17) is 0 Å². The molecule has 2 aliphatic rings. The normalized spacial score (nSPS) is 16.5. The Morgan fingerprint density at radius 1 is 1.08 bits per heavy atom. The summed E-state index contributed by atoms with van der Waals surface area (Å²) in [6, 6.07) is 10.3. The summed E-state index contributed by atoms with van der Waals surface area (Å²) in [7, 11) is 0. The van der Waals surface area contributed by atoms with Gasteiger partial charge in [0.25, 0.3) is 0 Å². The Labute approximate surface area is 148 Å². The molecular formula is C21H24N2O2. The van der Waals surface area contributed by atoms with Gasteiger partial charge in [-0.25, -0.2) is 0 Å². The van der Waals surface area contributed by atoms with E-state index in [0.717, 1.165) is 61.4 Å². The van der Waals surface area contributed by atoms with Crippen LogP contribution >= 0.6 is 0 Å². The standard InChI is InChI=1S/C21H24N2O2/c1-15-17(13-20(25)22-11-6-12-22)21-18(9-5-10-19(21)24)23(15)14-16-7-3-2-4-8-16/h2-4,7-8H,5-6,9-14H2,1H3. The van der Waals surface area contributed by atoms with E-state index in [2.05, 4.69) is 23.6 Å². The number of hydrogen-bond acceptors (Lipinski definition) is 2. The number of benzene rings is 1. The van der Waals surface area contributed by atoms with Crippen molar-refractivity contribution >= 4 is 11.7 Å². The number of Topliss-reactive ketones (excluding diaryl/α,β-unsaturated/α-hetero) is 1. The smallest absolute Gasteiger partial charge is 0.227 e. The molecule has 1 saturated heterocycles. The van der Waals surface area contributed by atoms with Gasteiger partial charge < -0.3 is 9.47 Å². The van der Waals surface area contributed by atoms with Crippen molar-refractivity contribution in [2.24, 2.45) is 0 Å². The van der Waals surface area contributed by atoms with Crippen LogP contribution in [0.25, 0.3) is 0 Å². The number of amides is 1. The molecule has 1 fully saturated rings. The van der Waals surface area contributed by atoms with Crippen molar-refractivity contribution in [3.63, 3.8) is 0 Å². The van der Waals surface area contributed by atoms with Crippen LogP contribution in [0.4, 0.5) is 0 Å². The second kappa shape index (κ2) is 6.51. The zero-order chi connectivity index (χ0) is 17.4. The second-order valence-electron chi connectivity index (χ2n) is 7.15. The summed E-state index contributed by atoms with van der Waals surface area (Å²) in [5.74, 6) is 0.370. The number of carbonyl (C=O) groups is 2. The zero-order valence-corrected chi connectivity index (χ0v) is 14.8. The van der Waals surface area contributed by atoms with Crippen molar-refractivity contribution in [2.75, 3.05) is 13.1 Å². The minimum absolute atomic E-state index is 0.160. The molecule has 4 nitrogen and oxygen atoms in total. The fourth-order valence-corrected chi connectivity index (χ4v) is 4.01. The molecule has 0 unspecified atom stereocenters. The average Bonchev–Trinajstić information content (AvgIpc) is 2.81. The number of ketones is 1. The summed E-state index contributed by atoms with van der Waals surface area (Å²) < 4.78 is 2.26. The number of nitrogens with zero attached hydrogens (tertiary/aromatic N) is 2. The number of rotatable bonds is 4. The molecule has 0 bridgehead atoms. The molecule has 1 aromatic heterocycles. The lowest BCUT2D eigenvalue weighted by atomic mass is 9.91. The van der Waals surface area contributed by atoms with E-state index >= 15 is 0 Å². The molecular weight excluding hydrogens is 312 g/mol. The number of carbonyl (C=O) groups excluding carboxylic acids is 2. The number of likely N-dealkylation sites (tertiary alicyclic amines) is 1. The number of aromatic nitrogens is 1. The fraction of sp³-hybridized carbons (Fsp3) is 0.429. The first-order chi connectivity index (χ1) is 12.1. The average molecular weight is 336 g/mol. The summed E-state index contributed by atoms with van der Waals surface area (Å²) >= 11 is 0. The highest BCUT2D eigenvalue weighted by atomic mass is 16.2. The van der Waals surface area contributed by atoms with E-state index in [1.807, 2.05) is 23.1 Å². The van der Waals surface area contributed by atoms with Crippen molar-refractivity contribution in [2.45, 2.75) is 45.6 Å². The van der Waals surface area contributed by atoms with Gasteiger partial charge in [-0.1, -0.05) is 30.3 Å². The molecule has 4 rings (SSSR count). The van der Waals surface area contributed by atoms with Gasteiger partial charge in [0.1, 0.15) is 0 Å². The molecule has 1 amide bonds. The molecule has 0 radical (unpaired) electrons. The number of fused-ring (bicyclic) bond motifs is 1. The first-order valence-electron chi connectivity index (χ1n) is 9.21. The first-order valence-corrected chi connectivity index (χ1v) is 9.21. The van der Waals surface area contributed by atoms with Gasteiger partial charge in [0.05, 0.1) is 6.42 Å². The Balaban J connectivity index is 1.72. The molecule has 0 saturated carbocycles. The topological polar surface area (TPSA) is 42.3 Å². The highest BCUT2D eigenvalue weighted by molar-refractivity contribution is 6.01. The number of hydrogen-bond donors (Lipinski definition) is 0. The van der Waals surface area contributed by atoms with Gasteiger partial charge >= 0.3 is 0 Å². The molecule has 1 aromatic carbocycles. The lowest BCUT2D eigenvalue weighted by molar-refractivity contribution is -0.133. The third-order valence-corrected chi connectivity index (χ3v) is 5.57. The maximum absolute atomic E-state index is 12.6. The summed E-state index contributed by atoms with van der Waals surface area (Å²) in [6.45, 7) is 4.55. The Morgan fingerprint density at radius 3 is 2.52 bits per heavy atom. The Morgan fingerprint density at radius 2 is 1.84 bits per heavy atom. The van der Waals surface area contributed by atoms with Gasteiger partial charge in [0, 0.05) is 43.0 Å². The van der Waals surface area contributed by atoms with E-state index in [1.165, 1.54) is 5.56 Å². The first kappa shape index (κ1) is 16.1. The van der Waals surface area contributed by atoms with Crippen molar-refractivity contribution in [3.8, 4) is 0 Å². The van der Waals surface area contributed by atoms with Crippen LogP contribution in [0.2, 0.25) is 0 Å². The predicted octanol–water partition coefficient (Wildman–Crippen LogP) is 3.14. The second-order valence-corrected chi connectivity index (χ2v) is 7.15. The molecule has 0 atom stereocenters. The van der Waals surface area contributed by atoms with Crippen LogP contribution in [0.1, 0.15) is 52.1 Å². The van der Waals surface area contributed by atoms with Gasteiger partial charge in [-0.05, 0) is 37.3 Å². The monoisotopic (exact) mass is 336 g/mol. The molecule has 0 spiro atoms. The Bertz CT molecular complexity index is 816. The highest BCUT2D eigenvalue weighted by Crippen LogP contribution is 2.31. The van der Waals surface area contributed by atoms with E-state index in [9.17, 15) is 9.59 Å². The van der Waals surface area contributed by atoms with Gasteiger partial charge in [-0.2, -0.15) is 0 Å². The van der Waals surface area contributed by atoms with Gasteiger partial charge in [0.2, 0.25) is 5.91 Å². The van der Waals surface area contributed by atoms with E-state index in [-0.39, 0.29) is 11.7 Å². The van der Waals surface area contributed by atoms with E-state index in [1.54, 1.807) is 0 Å². The van der Waals surface area contributed by atoms with Crippen molar-refractivity contribution in [3.05, 3.63) is 58.4 Å². The van der Waals surface area contributed by atoms with Crippen LogP contribution in [0.3, 0.4) is 0 Å². The lowest BCUT2D eigenvalue weighted by Crippen LogP contribution is -2.43. The quantitative estimate of drug-likeness (QED) is 0.861. The summed E-state index contributed by atoms with van der Waals surface area (Å²) in [5.41, 5.74) is 5.24. The lowest BCUT2D eigenvalue weighted by Gasteiger charge is -2.31. The minimum Gasteiger partial charge on any atom is -0.343 e. The molecule has 130 valence electrons. The molecule has 1 aliphatic carbocycles. The SMILES string of the molecule is Cc1c(CC(=O)N2CCC2)c2c(n1Cc1ccccc1)CCCC2=O. The van der Waals surface area contributed by atoms with Crippen LogP contribution in [0.5, 0.6) is 0 Å². The summed E-state index contributed by atoms with van der Waals surface area (Å²) in [4.78, 5) is 27.0. The van der Waals surface area contributed by atoms with Gasteiger partial charge in [-0.3, -0.25) is 9.59 Å². The predicted molar refractivity (Wildman–Crippen MR) is 96.9 cm³/mol. The molecule has 2 heterocycles.